The van der Waals surface area contributed by atoms with Gasteiger partial charge < -0.3 is 5.32 Å². The van der Waals surface area contributed by atoms with Gasteiger partial charge in [-0.15, -0.1) is 11.3 Å². The van der Waals surface area contributed by atoms with Crippen LogP contribution in [0.1, 0.15) is 42.7 Å². The number of benzene rings is 1. The molecule has 2 unspecified atom stereocenters. The van der Waals surface area contributed by atoms with Crippen LogP contribution in [-0.2, 0) is 11.8 Å². The van der Waals surface area contributed by atoms with Crippen LogP contribution in [0.2, 0.25) is 0 Å². The molecule has 0 bridgehead atoms. The molecule has 1 N–H and O–H groups in total. The zero-order valence-corrected chi connectivity index (χ0v) is 14.8. The summed E-state index contributed by atoms with van der Waals surface area (Å²) < 4.78 is 2.91. The van der Waals surface area contributed by atoms with E-state index in [9.17, 15) is 4.79 Å². The zero-order chi connectivity index (χ0) is 16.8. The lowest BCUT2D eigenvalue weighted by Gasteiger charge is -2.04. The number of carbonyl (C=O) groups excluding carboxylic acids is 1. The molecule has 2 atom stereocenters. The zero-order valence-electron chi connectivity index (χ0n) is 14.0. The first kappa shape index (κ1) is 15.3. The van der Waals surface area contributed by atoms with Gasteiger partial charge in [0.2, 0.25) is 5.91 Å². The van der Waals surface area contributed by atoms with Gasteiger partial charge in [0.1, 0.15) is 0 Å². The molecule has 24 heavy (non-hydrogen) atoms. The van der Waals surface area contributed by atoms with Gasteiger partial charge in [0, 0.05) is 30.8 Å². The number of nitrogens with zero attached hydrogens (tertiary/aromatic N) is 3. The highest BCUT2D eigenvalue weighted by molar-refractivity contribution is 7.18. The van der Waals surface area contributed by atoms with Crippen LogP contribution in [0.3, 0.4) is 0 Å². The first-order valence-corrected chi connectivity index (χ1v) is 9.03. The lowest BCUT2D eigenvalue weighted by atomic mass is 10.2. The highest BCUT2D eigenvalue weighted by Gasteiger charge is 2.44. The van der Waals surface area contributed by atoms with Gasteiger partial charge in [-0.3, -0.25) is 9.48 Å². The summed E-state index contributed by atoms with van der Waals surface area (Å²) in [5.74, 6) is 0.875. The van der Waals surface area contributed by atoms with Gasteiger partial charge in [-0.25, -0.2) is 4.98 Å². The molecular formula is C18H20N4OS. The lowest BCUT2D eigenvalue weighted by Crippen LogP contribution is -2.14. The Balaban J connectivity index is 1.47. The number of anilines is 1. The van der Waals surface area contributed by atoms with E-state index >= 15 is 0 Å². The van der Waals surface area contributed by atoms with Gasteiger partial charge in [0.05, 0.1) is 21.4 Å². The molecule has 2 aromatic heterocycles. The fourth-order valence-electron chi connectivity index (χ4n) is 2.99. The van der Waals surface area contributed by atoms with Crippen molar-refractivity contribution in [1.82, 2.24) is 14.8 Å². The number of amides is 1. The number of aromatic nitrogens is 3. The van der Waals surface area contributed by atoms with Crippen molar-refractivity contribution in [3.63, 3.8) is 0 Å². The Morgan fingerprint density at radius 2 is 2.25 bits per heavy atom. The maximum Gasteiger partial charge on any atom is 0.228 e. The fourth-order valence-corrected chi connectivity index (χ4v) is 4.00. The van der Waals surface area contributed by atoms with Crippen LogP contribution in [0.15, 0.2) is 30.6 Å². The maximum atomic E-state index is 12.5. The summed E-state index contributed by atoms with van der Waals surface area (Å²) >= 11 is 1.70. The molecule has 5 nitrogen and oxygen atoms in total. The van der Waals surface area contributed by atoms with Crippen LogP contribution in [-0.4, -0.2) is 20.7 Å². The molecule has 0 saturated heterocycles. The monoisotopic (exact) mass is 340 g/mol. The van der Waals surface area contributed by atoms with E-state index in [1.807, 2.05) is 37.6 Å². The first-order chi connectivity index (χ1) is 11.5. The minimum Gasteiger partial charge on any atom is -0.326 e. The summed E-state index contributed by atoms with van der Waals surface area (Å²) in [7, 11) is 1.90. The SMILES string of the molecule is CC(C)c1nc2ccc(NC(=O)C3CC3c3cnn(C)c3)cc2s1. The third-order valence-corrected chi connectivity index (χ3v) is 5.77. The summed E-state index contributed by atoms with van der Waals surface area (Å²) in [6.07, 6.45) is 4.75. The van der Waals surface area contributed by atoms with Gasteiger partial charge >= 0.3 is 0 Å². The molecule has 124 valence electrons. The van der Waals surface area contributed by atoms with Gasteiger partial charge in [-0.1, -0.05) is 13.8 Å². The van der Waals surface area contributed by atoms with E-state index in [1.54, 1.807) is 16.0 Å². The van der Waals surface area contributed by atoms with Crippen molar-refractivity contribution in [2.24, 2.45) is 13.0 Å². The molecule has 1 aliphatic rings. The normalized spacial score (nSPS) is 19.8. The predicted molar refractivity (Wildman–Crippen MR) is 96.4 cm³/mol. The quantitative estimate of drug-likeness (QED) is 0.784. The highest BCUT2D eigenvalue weighted by Crippen LogP contribution is 2.47. The summed E-state index contributed by atoms with van der Waals surface area (Å²) in [5.41, 5.74) is 3.00. The van der Waals surface area contributed by atoms with E-state index in [2.05, 4.69) is 29.2 Å². The van der Waals surface area contributed by atoms with Crippen molar-refractivity contribution >= 4 is 33.1 Å². The van der Waals surface area contributed by atoms with Crippen LogP contribution in [0, 0.1) is 5.92 Å². The average Bonchev–Trinajstić information content (AvgIpc) is 3.04. The minimum absolute atomic E-state index is 0.0533. The van der Waals surface area contributed by atoms with Gasteiger partial charge in [0.15, 0.2) is 0 Å². The van der Waals surface area contributed by atoms with Gasteiger partial charge in [-0.05, 0) is 36.1 Å². The van der Waals surface area contributed by atoms with E-state index in [4.69, 9.17) is 0 Å². The van der Waals surface area contributed by atoms with Crippen LogP contribution < -0.4 is 5.32 Å². The maximum absolute atomic E-state index is 12.5. The van der Waals surface area contributed by atoms with Gasteiger partial charge in [-0.2, -0.15) is 5.10 Å². The number of aryl methyl sites for hydroxylation is 1. The van der Waals surface area contributed by atoms with E-state index in [0.717, 1.165) is 32.9 Å². The molecule has 0 spiro atoms. The number of carbonyl (C=O) groups is 1. The second-order valence-corrected chi connectivity index (χ2v) is 7.84. The van der Waals surface area contributed by atoms with Crippen molar-refractivity contribution in [3.8, 4) is 0 Å². The fraction of sp³-hybridized carbons (Fsp3) is 0.389. The van der Waals surface area contributed by atoms with Gasteiger partial charge in [0.25, 0.3) is 0 Å². The van der Waals surface area contributed by atoms with E-state index < -0.39 is 0 Å². The molecule has 1 amide bonds. The summed E-state index contributed by atoms with van der Waals surface area (Å²) in [6.45, 7) is 4.29. The number of nitrogens with one attached hydrogen (secondary N) is 1. The summed E-state index contributed by atoms with van der Waals surface area (Å²) in [6, 6.07) is 5.95. The van der Waals surface area contributed by atoms with E-state index in [-0.39, 0.29) is 11.8 Å². The Hall–Kier alpha value is -2.21. The van der Waals surface area contributed by atoms with Crippen molar-refractivity contribution in [1.29, 1.82) is 0 Å². The molecule has 0 radical (unpaired) electrons. The number of hydrogen-bond donors (Lipinski definition) is 1. The van der Waals surface area contributed by atoms with E-state index in [1.165, 1.54) is 0 Å². The molecule has 1 saturated carbocycles. The summed E-state index contributed by atoms with van der Waals surface area (Å²) in [5, 5.41) is 8.37. The Kier molecular flexibility index (Phi) is 3.64. The van der Waals surface area contributed by atoms with Crippen molar-refractivity contribution < 1.29 is 4.79 Å². The third kappa shape index (κ3) is 2.82. The largest absolute Gasteiger partial charge is 0.326 e. The molecule has 1 aliphatic carbocycles. The summed E-state index contributed by atoms with van der Waals surface area (Å²) in [4.78, 5) is 17.1. The van der Waals surface area contributed by atoms with E-state index in [0.29, 0.717) is 11.8 Å². The Labute approximate surface area is 144 Å². The molecular weight excluding hydrogens is 320 g/mol. The molecule has 2 heterocycles. The lowest BCUT2D eigenvalue weighted by molar-refractivity contribution is -0.117. The average molecular weight is 340 g/mol. The number of hydrogen-bond acceptors (Lipinski definition) is 4. The molecule has 0 aliphatic heterocycles. The van der Waals surface area contributed by atoms with Crippen LogP contribution in [0.5, 0.6) is 0 Å². The molecule has 3 aromatic rings. The standard InChI is InChI=1S/C18H20N4OS/c1-10(2)18-21-15-5-4-12(6-16(15)24-18)20-17(23)14-7-13(14)11-8-19-22(3)9-11/h4-6,8-10,13-14H,7H2,1-3H3,(H,20,23). The highest BCUT2D eigenvalue weighted by atomic mass is 32.1. The Morgan fingerprint density at radius 1 is 1.42 bits per heavy atom. The Bertz CT molecular complexity index is 911. The van der Waals surface area contributed by atoms with Crippen molar-refractivity contribution in [2.45, 2.75) is 32.1 Å². The number of rotatable bonds is 4. The predicted octanol–water partition coefficient (Wildman–Crippen LogP) is 3.90. The second-order valence-electron chi connectivity index (χ2n) is 6.77. The first-order valence-electron chi connectivity index (χ1n) is 8.21. The van der Waals surface area contributed by atoms with Crippen LogP contribution >= 0.6 is 11.3 Å². The topological polar surface area (TPSA) is 59.8 Å². The van der Waals surface area contributed by atoms with Crippen LogP contribution in [0.4, 0.5) is 5.69 Å². The molecule has 1 aromatic carbocycles. The molecule has 4 rings (SSSR count). The number of thiazole rings is 1. The minimum atomic E-state index is 0.0533. The molecule has 6 heteroatoms. The smallest absolute Gasteiger partial charge is 0.228 e. The number of fused-ring (bicyclic) bond motifs is 1. The third-order valence-electron chi connectivity index (χ3n) is 4.45. The Morgan fingerprint density at radius 3 is 2.96 bits per heavy atom. The van der Waals surface area contributed by atoms with Crippen molar-refractivity contribution in [2.75, 3.05) is 5.32 Å². The van der Waals surface area contributed by atoms with Crippen molar-refractivity contribution in [3.05, 3.63) is 41.2 Å². The second kappa shape index (κ2) is 5.70. The van der Waals surface area contributed by atoms with Crippen LogP contribution in [0.25, 0.3) is 10.2 Å². The molecule has 1 fully saturated rings.